The van der Waals surface area contributed by atoms with E-state index in [0.29, 0.717) is 37.3 Å². The van der Waals surface area contributed by atoms with Crippen LogP contribution in [0, 0.1) is 22.7 Å². The van der Waals surface area contributed by atoms with Crippen LogP contribution in [0.2, 0.25) is 0 Å². The Bertz CT molecular complexity index is 1190. The molecule has 2 saturated heterocycles. The lowest BCUT2D eigenvalue weighted by atomic mass is 9.78. The van der Waals surface area contributed by atoms with Gasteiger partial charge in [0.2, 0.25) is 11.3 Å². The molecule has 0 spiro atoms. The van der Waals surface area contributed by atoms with Crippen molar-refractivity contribution in [1.82, 2.24) is 30.1 Å². The monoisotopic (exact) mass is 520 g/mol. The van der Waals surface area contributed by atoms with Gasteiger partial charge in [-0.1, -0.05) is 0 Å². The van der Waals surface area contributed by atoms with Gasteiger partial charge in [0, 0.05) is 34.2 Å². The van der Waals surface area contributed by atoms with Gasteiger partial charge < -0.3 is 10.6 Å². The number of hydrogen-bond acceptors (Lipinski definition) is 10. The van der Waals surface area contributed by atoms with Crippen LogP contribution in [0.3, 0.4) is 0 Å². The molecule has 2 aliphatic rings. The highest BCUT2D eigenvalue weighted by atomic mass is 16.5. The first kappa shape index (κ1) is 27.9. The Balaban J connectivity index is 1.76. The standard InChI is InChI=1S/C26H36N10O2/c1-23(2)9-15(10-24(3,4)35(23)37)29-19-20(30-16-11-25(5,6)36(38)26(7,8)12-16)34-22-21(33-19)31-17(13-27)18(14-28)32-22/h15-16H,9-12H2,1-8H3,(H,29,31,33)(H,30,32,34). The number of nitrogens with zero attached hydrogens (tertiary/aromatic N) is 8. The zero-order chi connectivity index (χ0) is 28.3. The summed E-state index contributed by atoms with van der Waals surface area (Å²) in [5.74, 6) is 0.855. The van der Waals surface area contributed by atoms with Crippen molar-refractivity contribution in [1.29, 1.82) is 10.5 Å². The minimum atomic E-state index is -0.595. The molecule has 12 nitrogen and oxygen atoms in total. The number of hydroxylamine groups is 4. The van der Waals surface area contributed by atoms with Crippen LogP contribution in [0.25, 0.3) is 11.3 Å². The average molecular weight is 521 g/mol. The maximum Gasteiger partial charge on any atom is 0.201 e. The Morgan fingerprint density at radius 1 is 0.632 bits per heavy atom. The van der Waals surface area contributed by atoms with Crippen LogP contribution >= 0.6 is 0 Å². The third kappa shape index (κ3) is 5.09. The molecule has 2 radical (unpaired) electrons. The molecule has 0 aromatic carbocycles. The van der Waals surface area contributed by atoms with Crippen molar-refractivity contribution < 1.29 is 10.4 Å². The van der Waals surface area contributed by atoms with Crippen LogP contribution in [-0.2, 0) is 10.4 Å². The second-order valence-electron chi connectivity index (χ2n) is 13.0. The molecule has 0 amide bonds. The highest BCUT2D eigenvalue weighted by molar-refractivity contribution is 5.75. The van der Waals surface area contributed by atoms with E-state index in [1.807, 2.05) is 67.5 Å². The lowest BCUT2D eigenvalue weighted by molar-refractivity contribution is -0.288. The zero-order valence-corrected chi connectivity index (χ0v) is 23.4. The third-order valence-electron chi connectivity index (χ3n) is 7.60. The van der Waals surface area contributed by atoms with E-state index in [4.69, 9.17) is 0 Å². The first-order valence-corrected chi connectivity index (χ1v) is 12.9. The average Bonchev–Trinajstić information content (AvgIpc) is 2.79. The van der Waals surface area contributed by atoms with Crippen LogP contribution < -0.4 is 10.6 Å². The molecular weight excluding hydrogens is 484 g/mol. The summed E-state index contributed by atoms with van der Waals surface area (Å²) in [5.41, 5.74) is -2.33. The molecule has 4 heterocycles. The molecule has 0 aliphatic carbocycles. The van der Waals surface area contributed by atoms with Gasteiger partial charge in [0.15, 0.2) is 23.0 Å². The molecule has 2 N–H and O–H groups in total. The Morgan fingerprint density at radius 3 is 1.18 bits per heavy atom. The molecular formula is C26H36N10O2. The van der Waals surface area contributed by atoms with E-state index in [9.17, 15) is 20.9 Å². The largest absolute Gasteiger partial charge is 0.364 e. The fraction of sp³-hybridized carbons (Fsp3) is 0.692. The molecule has 38 heavy (non-hydrogen) atoms. The van der Waals surface area contributed by atoms with Gasteiger partial charge in [0.25, 0.3) is 0 Å². The molecule has 4 rings (SSSR count). The molecule has 202 valence electrons. The van der Waals surface area contributed by atoms with Crippen LogP contribution in [-0.4, -0.2) is 64.3 Å². The van der Waals surface area contributed by atoms with Crippen molar-refractivity contribution in [3.63, 3.8) is 0 Å². The number of rotatable bonds is 4. The number of anilines is 2. The van der Waals surface area contributed by atoms with E-state index in [1.165, 1.54) is 10.1 Å². The van der Waals surface area contributed by atoms with E-state index in [1.54, 1.807) is 0 Å². The Morgan fingerprint density at radius 2 is 0.921 bits per heavy atom. The summed E-state index contributed by atoms with van der Waals surface area (Å²) in [5, 5.41) is 54.0. The molecule has 2 fully saturated rings. The van der Waals surface area contributed by atoms with E-state index < -0.39 is 22.2 Å². The topological polar surface area (TPSA) is 169 Å². The van der Waals surface area contributed by atoms with Gasteiger partial charge in [-0.25, -0.2) is 19.9 Å². The van der Waals surface area contributed by atoms with Crippen molar-refractivity contribution >= 4 is 22.9 Å². The predicted octanol–water partition coefficient (Wildman–Crippen LogP) is 3.72. The fourth-order valence-corrected chi connectivity index (χ4v) is 6.36. The second-order valence-corrected chi connectivity index (χ2v) is 13.0. The summed E-state index contributed by atoms with van der Waals surface area (Å²) in [6, 6.07) is 3.61. The number of piperidine rings is 2. The lowest BCUT2D eigenvalue weighted by Crippen LogP contribution is -2.61. The number of hydrogen-bond donors (Lipinski definition) is 2. The Labute approximate surface area is 223 Å². The van der Waals surface area contributed by atoms with E-state index in [-0.39, 0.29) is 34.8 Å². The van der Waals surface area contributed by atoms with Crippen LogP contribution in [0.4, 0.5) is 11.6 Å². The molecule has 2 aromatic rings. The molecule has 0 saturated carbocycles. The second kappa shape index (κ2) is 9.24. The van der Waals surface area contributed by atoms with Crippen molar-refractivity contribution in [3.05, 3.63) is 11.4 Å². The normalized spacial score (nSPS) is 23.5. The summed E-state index contributed by atoms with van der Waals surface area (Å²) in [6.45, 7) is 15.4. The third-order valence-corrected chi connectivity index (χ3v) is 7.60. The molecule has 0 bridgehead atoms. The highest BCUT2D eigenvalue weighted by Crippen LogP contribution is 2.40. The maximum atomic E-state index is 12.9. The molecule has 0 atom stereocenters. The summed E-state index contributed by atoms with van der Waals surface area (Å²) in [6.07, 6.45) is 2.32. The van der Waals surface area contributed by atoms with Crippen LogP contribution in [0.5, 0.6) is 0 Å². The lowest BCUT2D eigenvalue weighted by Gasteiger charge is -2.50. The van der Waals surface area contributed by atoms with Gasteiger partial charge in [-0.3, -0.25) is 0 Å². The van der Waals surface area contributed by atoms with Gasteiger partial charge in [-0.05, 0) is 81.1 Å². The minimum absolute atomic E-state index is 0.0874. The van der Waals surface area contributed by atoms with Gasteiger partial charge in [-0.2, -0.15) is 10.5 Å². The van der Waals surface area contributed by atoms with Crippen LogP contribution in [0.15, 0.2) is 0 Å². The first-order chi connectivity index (χ1) is 17.5. The number of aromatic nitrogens is 4. The van der Waals surface area contributed by atoms with E-state index in [2.05, 4.69) is 30.6 Å². The molecule has 12 heteroatoms. The van der Waals surface area contributed by atoms with Crippen molar-refractivity contribution in [2.24, 2.45) is 0 Å². The minimum Gasteiger partial charge on any atom is -0.364 e. The van der Waals surface area contributed by atoms with Gasteiger partial charge in [-0.15, -0.1) is 20.5 Å². The SMILES string of the molecule is CC1(C)CC(Nc2nc3nc(C#N)c(C#N)nc3nc2NC2CC(C)(C)N([O])C(C)(C)C2)CC(C)(C)N1[O]. The smallest absolute Gasteiger partial charge is 0.201 e. The Hall–Kier alpha value is -3.16. The molecule has 2 aromatic heterocycles. The predicted molar refractivity (Wildman–Crippen MR) is 139 cm³/mol. The van der Waals surface area contributed by atoms with Crippen molar-refractivity contribution in [2.45, 2.75) is 115 Å². The highest BCUT2D eigenvalue weighted by Gasteiger charge is 2.48. The summed E-state index contributed by atoms with van der Waals surface area (Å²) >= 11 is 0. The first-order valence-electron chi connectivity index (χ1n) is 12.9. The summed E-state index contributed by atoms with van der Waals surface area (Å²) in [7, 11) is 0. The van der Waals surface area contributed by atoms with Gasteiger partial charge in [0.05, 0.1) is 0 Å². The fourth-order valence-electron chi connectivity index (χ4n) is 6.36. The molecule has 0 unspecified atom stereocenters. The zero-order valence-electron chi connectivity index (χ0n) is 23.4. The quantitative estimate of drug-likeness (QED) is 0.605. The molecule has 2 aliphatic heterocycles. The van der Waals surface area contributed by atoms with E-state index in [0.717, 1.165) is 0 Å². The Kier molecular flexibility index (Phi) is 6.78. The number of nitriles is 2. The van der Waals surface area contributed by atoms with Crippen molar-refractivity contribution in [2.75, 3.05) is 10.6 Å². The van der Waals surface area contributed by atoms with Crippen LogP contribution in [0.1, 0.15) is 92.5 Å². The number of nitrogens with one attached hydrogen (secondary N) is 2. The summed E-state index contributed by atoms with van der Waals surface area (Å²) < 4.78 is 0. The summed E-state index contributed by atoms with van der Waals surface area (Å²) in [4.78, 5) is 17.8. The van der Waals surface area contributed by atoms with E-state index >= 15 is 0 Å². The van der Waals surface area contributed by atoms with Crippen molar-refractivity contribution in [3.8, 4) is 12.1 Å². The number of fused-ring (bicyclic) bond motifs is 1. The van der Waals surface area contributed by atoms with Gasteiger partial charge in [0.1, 0.15) is 12.1 Å². The maximum absolute atomic E-state index is 12.9. The van der Waals surface area contributed by atoms with Gasteiger partial charge >= 0.3 is 0 Å².